The summed E-state index contributed by atoms with van der Waals surface area (Å²) in [5.74, 6) is 1.18. The van der Waals surface area contributed by atoms with Gasteiger partial charge >= 0.3 is 0 Å². The van der Waals surface area contributed by atoms with Crippen molar-refractivity contribution in [3.63, 3.8) is 0 Å². The van der Waals surface area contributed by atoms with Crippen molar-refractivity contribution >= 4 is 22.9 Å². The van der Waals surface area contributed by atoms with Crippen LogP contribution in [0.2, 0.25) is 0 Å². The van der Waals surface area contributed by atoms with Gasteiger partial charge in [-0.3, -0.25) is 4.68 Å². The van der Waals surface area contributed by atoms with E-state index >= 15 is 0 Å². The summed E-state index contributed by atoms with van der Waals surface area (Å²) >= 11 is 0. The molecule has 6 rings (SSSR count). The second-order valence-corrected chi connectivity index (χ2v) is 10.3. The molecule has 3 aromatic heterocycles. The molecule has 200 valence electrons. The van der Waals surface area contributed by atoms with E-state index in [1.807, 2.05) is 35.2 Å². The number of hydrogen-bond acceptors (Lipinski definition) is 9. The van der Waals surface area contributed by atoms with Gasteiger partial charge in [-0.1, -0.05) is 37.3 Å². The Balaban J connectivity index is 1.30. The van der Waals surface area contributed by atoms with Gasteiger partial charge in [-0.2, -0.15) is 15.1 Å². The minimum absolute atomic E-state index is 0.247. The fourth-order valence-corrected chi connectivity index (χ4v) is 5.54. The molecule has 0 amide bonds. The third-order valence-corrected chi connectivity index (χ3v) is 7.75. The van der Waals surface area contributed by atoms with E-state index in [0.29, 0.717) is 35.9 Å². The average molecular weight is 518 g/mol. The standard InChI is InChI=1S/C27H35N9O2/c1-2-17-13-31-36(15-17)21-12-20(23(37)24(21)38)35-16-30-22-25(29-11-8-18-6-4-3-5-7-18)33-27(34-26(22)35)32-19-9-10-28-14-19/h3-7,13,15-16,19-21,23-24,28,37-38H,2,8-12,14H2,1H3,(H2,29,32,33,34)/t19?,20-,21+,23+,24-/m1/s1. The minimum atomic E-state index is -0.980. The van der Waals surface area contributed by atoms with Crippen molar-refractivity contribution < 1.29 is 10.2 Å². The summed E-state index contributed by atoms with van der Waals surface area (Å²) < 4.78 is 3.66. The Hall–Kier alpha value is -3.54. The number of nitrogens with zero attached hydrogens (tertiary/aromatic N) is 6. The summed E-state index contributed by atoms with van der Waals surface area (Å²) in [4.78, 5) is 14.3. The average Bonchev–Trinajstić information content (AvgIpc) is 3.74. The van der Waals surface area contributed by atoms with Gasteiger partial charge in [-0.05, 0) is 43.4 Å². The van der Waals surface area contributed by atoms with Crippen LogP contribution in [0.4, 0.5) is 11.8 Å². The lowest BCUT2D eigenvalue weighted by Gasteiger charge is -2.19. The lowest BCUT2D eigenvalue weighted by Crippen LogP contribution is -2.30. The van der Waals surface area contributed by atoms with Gasteiger partial charge < -0.3 is 30.7 Å². The Morgan fingerprint density at radius 1 is 1.08 bits per heavy atom. The third-order valence-electron chi connectivity index (χ3n) is 7.75. The van der Waals surface area contributed by atoms with Gasteiger partial charge in [0.05, 0.1) is 24.6 Å². The van der Waals surface area contributed by atoms with Crippen molar-refractivity contribution in [2.75, 3.05) is 30.3 Å². The third kappa shape index (κ3) is 4.84. The number of aliphatic hydroxyl groups is 2. The maximum atomic E-state index is 11.1. The first-order valence-electron chi connectivity index (χ1n) is 13.5. The largest absolute Gasteiger partial charge is 0.388 e. The number of imidazole rings is 1. The molecule has 2 fully saturated rings. The van der Waals surface area contributed by atoms with Crippen molar-refractivity contribution in [2.45, 2.75) is 62.9 Å². The lowest BCUT2D eigenvalue weighted by atomic mass is 10.1. The van der Waals surface area contributed by atoms with E-state index in [0.717, 1.165) is 37.9 Å². The number of aromatic nitrogens is 6. The molecular formula is C27H35N9O2. The molecule has 11 heteroatoms. The van der Waals surface area contributed by atoms with Gasteiger partial charge in [-0.25, -0.2) is 4.98 Å². The number of fused-ring (bicyclic) bond motifs is 1. The molecule has 5 N–H and O–H groups in total. The van der Waals surface area contributed by atoms with Crippen molar-refractivity contribution in [3.05, 3.63) is 60.2 Å². The van der Waals surface area contributed by atoms with Crippen LogP contribution in [0.1, 0.15) is 43.0 Å². The number of nitrogens with one attached hydrogen (secondary N) is 3. The number of benzene rings is 1. The van der Waals surface area contributed by atoms with E-state index in [1.165, 1.54) is 5.56 Å². The molecule has 0 bridgehead atoms. The van der Waals surface area contributed by atoms with E-state index in [4.69, 9.17) is 9.97 Å². The Morgan fingerprint density at radius 2 is 1.92 bits per heavy atom. The number of aryl methyl sites for hydroxylation is 1. The zero-order valence-corrected chi connectivity index (χ0v) is 21.5. The van der Waals surface area contributed by atoms with Crippen molar-refractivity contribution in [3.8, 4) is 0 Å². The van der Waals surface area contributed by atoms with Gasteiger partial charge in [0.25, 0.3) is 0 Å². The molecule has 1 aromatic carbocycles. The van der Waals surface area contributed by atoms with Crippen LogP contribution in [0.3, 0.4) is 0 Å². The molecule has 1 unspecified atom stereocenters. The van der Waals surface area contributed by atoms with Gasteiger partial charge in [0.15, 0.2) is 17.0 Å². The first kappa shape index (κ1) is 24.8. The maximum Gasteiger partial charge on any atom is 0.227 e. The molecule has 4 aromatic rings. The van der Waals surface area contributed by atoms with Crippen molar-refractivity contribution in [1.82, 2.24) is 34.6 Å². The number of anilines is 2. The van der Waals surface area contributed by atoms with E-state index in [9.17, 15) is 10.2 Å². The zero-order chi connectivity index (χ0) is 26.1. The quantitative estimate of drug-likeness (QED) is 0.225. The zero-order valence-electron chi connectivity index (χ0n) is 21.5. The summed E-state index contributed by atoms with van der Waals surface area (Å²) in [6.45, 7) is 4.58. The topological polar surface area (TPSA) is 138 Å². The molecule has 38 heavy (non-hydrogen) atoms. The highest BCUT2D eigenvalue weighted by Crippen LogP contribution is 2.40. The predicted molar refractivity (Wildman–Crippen MR) is 145 cm³/mol. The fraction of sp³-hybridized carbons (Fsp3) is 0.481. The van der Waals surface area contributed by atoms with Crippen molar-refractivity contribution in [1.29, 1.82) is 0 Å². The van der Waals surface area contributed by atoms with Crippen LogP contribution in [0.25, 0.3) is 11.2 Å². The molecule has 5 atom stereocenters. The van der Waals surface area contributed by atoms with Crippen LogP contribution in [0.15, 0.2) is 49.1 Å². The second kappa shape index (κ2) is 10.7. The van der Waals surface area contributed by atoms with E-state index in [2.05, 4.69) is 45.1 Å². The fourth-order valence-electron chi connectivity index (χ4n) is 5.54. The smallest absolute Gasteiger partial charge is 0.227 e. The van der Waals surface area contributed by atoms with Crippen LogP contribution in [-0.4, -0.2) is 77.4 Å². The molecule has 1 saturated heterocycles. The monoisotopic (exact) mass is 517 g/mol. The molecular weight excluding hydrogens is 482 g/mol. The predicted octanol–water partition coefficient (Wildman–Crippen LogP) is 1.92. The molecule has 1 aliphatic carbocycles. The SMILES string of the molecule is CCc1cnn([C@H]2C[C@@H](n3cnc4c(NCCc5ccccc5)nc(NC5CCNC5)nc43)[C@H](O)[C@@H]2O)c1. The number of aliphatic hydroxyl groups excluding tert-OH is 2. The maximum absolute atomic E-state index is 11.1. The molecule has 4 heterocycles. The van der Waals surface area contributed by atoms with E-state index in [1.54, 1.807) is 11.0 Å². The Morgan fingerprint density at radius 3 is 2.68 bits per heavy atom. The summed E-state index contributed by atoms with van der Waals surface area (Å²) in [5, 5.41) is 36.8. The summed E-state index contributed by atoms with van der Waals surface area (Å²) in [6.07, 6.45) is 6.75. The second-order valence-electron chi connectivity index (χ2n) is 10.3. The van der Waals surface area contributed by atoms with Crippen LogP contribution in [-0.2, 0) is 12.8 Å². The highest BCUT2D eigenvalue weighted by atomic mass is 16.3. The molecule has 2 aliphatic rings. The number of rotatable bonds is 9. The molecule has 0 spiro atoms. The van der Waals surface area contributed by atoms with Gasteiger partial charge in [0.2, 0.25) is 5.95 Å². The first-order valence-corrected chi connectivity index (χ1v) is 13.5. The Labute approximate surface area is 221 Å². The molecule has 11 nitrogen and oxygen atoms in total. The Bertz CT molecular complexity index is 1370. The van der Waals surface area contributed by atoms with Gasteiger partial charge in [0.1, 0.15) is 12.2 Å². The highest BCUT2D eigenvalue weighted by Gasteiger charge is 2.44. The molecule has 1 saturated carbocycles. The number of hydrogen-bond donors (Lipinski definition) is 5. The van der Waals surface area contributed by atoms with Crippen LogP contribution in [0, 0.1) is 0 Å². The van der Waals surface area contributed by atoms with Crippen molar-refractivity contribution in [2.24, 2.45) is 0 Å². The summed E-state index contributed by atoms with van der Waals surface area (Å²) in [5.41, 5.74) is 3.61. The molecule has 0 radical (unpaired) electrons. The Kier molecular flexibility index (Phi) is 6.96. The van der Waals surface area contributed by atoms with Crippen LogP contribution >= 0.6 is 0 Å². The van der Waals surface area contributed by atoms with Crippen LogP contribution < -0.4 is 16.0 Å². The summed E-state index contributed by atoms with van der Waals surface area (Å²) in [6, 6.07) is 9.83. The molecule has 1 aliphatic heterocycles. The lowest BCUT2D eigenvalue weighted by molar-refractivity contribution is 0.00721. The van der Waals surface area contributed by atoms with Crippen LogP contribution in [0.5, 0.6) is 0 Å². The van der Waals surface area contributed by atoms with E-state index in [-0.39, 0.29) is 12.1 Å². The normalized spacial score (nSPS) is 25.3. The highest BCUT2D eigenvalue weighted by molar-refractivity contribution is 5.84. The summed E-state index contributed by atoms with van der Waals surface area (Å²) in [7, 11) is 0. The van der Waals surface area contributed by atoms with Gasteiger partial charge in [-0.15, -0.1) is 0 Å². The minimum Gasteiger partial charge on any atom is -0.388 e. The first-order chi connectivity index (χ1) is 18.6. The van der Waals surface area contributed by atoms with E-state index < -0.39 is 18.2 Å². The van der Waals surface area contributed by atoms with Gasteiger partial charge in [0, 0.05) is 25.3 Å².